The zero-order chi connectivity index (χ0) is 22.8. The van der Waals surface area contributed by atoms with Crippen LogP contribution in [0.15, 0.2) is 23.3 Å². The first kappa shape index (κ1) is 22.6. The zero-order valence-corrected chi connectivity index (χ0v) is 19.8. The van der Waals surface area contributed by atoms with E-state index < -0.39 is 12.2 Å². The van der Waals surface area contributed by atoms with Crippen LogP contribution in [-0.4, -0.2) is 46.2 Å². The molecule has 3 fully saturated rings. The number of aliphatic hydroxyl groups excluding tert-OH is 3. The lowest BCUT2D eigenvalue weighted by molar-refractivity contribution is -0.152. The Bertz CT molecular complexity index is 832. The summed E-state index contributed by atoms with van der Waals surface area (Å²) in [5, 5.41) is 30.7. The van der Waals surface area contributed by atoms with Gasteiger partial charge in [-0.2, -0.15) is 0 Å². The lowest BCUT2D eigenvalue weighted by Gasteiger charge is -2.59. The van der Waals surface area contributed by atoms with Crippen molar-refractivity contribution >= 4 is 5.97 Å². The largest absolute Gasteiger partial charge is 0.458 e. The van der Waals surface area contributed by atoms with Crippen molar-refractivity contribution in [2.24, 2.45) is 40.4 Å². The summed E-state index contributed by atoms with van der Waals surface area (Å²) in [5.74, 6) is 2.16. The second kappa shape index (κ2) is 7.95. The van der Waals surface area contributed by atoms with E-state index in [1.807, 2.05) is 6.08 Å². The maximum absolute atomic E-state index is 12.2. The van der Waals surface area contributed by atoms with Crippen LogP contribution in [0.3, 0.4) is 0 Å². The average Bonchev–Trinajstić information content (AvgIpc) is 3.11. The number of aliphatic hydroxyl groups is 3. The van der Waals surface area contributed by atoms with Crippen molar-refractivity contribution in [3.05, 3.63) is 23.3 Å². The maximum Gasteiger partial charge on any atom is 0.336 e. The van der Waals surface area contributed by atoms with Gasteiger partial charge in [0.15, 0.2) is 0 Å². The van der Waals surface area contributed by atoms with Gasteiger partial charge < -0.3 is 20.1 Å². The minimum Gasteiger partial charge on any atom is -0.458 e. The molecule has 0 radical (unpaired) electrons. The number of ether oxygens (including phenoxy) is 1. The summed E-state index contributed by atoms with van der Waals surface area (Å²) in [6, 6.07) is 0. The Morgan fingerprint density at radius 2 is 1.91 bits per heavy atom. The molecule has 0 unspecified atom stereocenters. The van der Waals surface area contributed by atoms with E-state index in [4.69, 9.17) is 4.74 Å². The Morgan fingerprint density at radius 1 is 1.12 bits per heavy atom. The molecule has 3 saturated carbocycles. The molecule has 4 aliphatic carbocycles. The Kier molecular flexibility index (Phi) is 5.62. The SMILES string of the molecule is C[C@H]([C@@H]1CC=C(CO)C(=O)O1)[C@H]1CC[C@H]2[C@@H]3CC=C4C[C@@H](O)C[C@H](O)[C@]4(C)[C@H]3CC[C@]12C. The van der Waals surface area contributed by atoms with Gasteiger partial charge in [-0.1, -0.05) is 38.5 Å². The third kappa shape index (κ3) is 3.18. The molecule has 0 aromatic carbocycles. The van der Waals surface area contributed by atoms with E-state index in [-0.39, 0.29) is 29.5 Å². The smallest absolute Gasteiger partial charge is 0.336 e. The molecular weight excluding hydrogens is 404 g/mol. The monoisotopic (exact) mass is 444 g/mol. The maximum atomic E-state index is 12.2. The first-order valence-corrected chi connectivity index (χ1v) is 12.8. The topological polar surface area (TPSA) is 87.0 Å². The highest BCUT2D eigenvalue weighted by Gasteiger charge is 2.61. The van der Waals surface area contributed by atoms with Gasteiger partial charge in [0, 0.05) is 18.3 Å². The molecule has 5 aliphatic rings. The number of hydrogen-bond acceptors (Lipinski definition) is 5. The molecule has 3 N–H and O–H groups in total. The highest BCUT2D eigenvalue weighted by molar-refractivity contribution is 5.89. The second-order valence-electron chi connectivity index (χ2n) is 11.9. The Balaban J connectivity index is 1.37. The molecule has 1 heterocycles. The number of hydrogen-bond donors (Lipinski definition) is 3. The highest BCUT2D eigenvalue weighted by Crippen LogP contribution is 2.67. The summed E-state index contributed by atoms with van der Waals surface area (Å²) in [7, 11) is 0. The molecule has 0 amide bonds. The summed E-state index contributed by atoms with van der Waals surface area (Å²) in [6.07, 6.45) is 10.9. The van der Waals surface area contributed by atoms with Crippen LogP contribution in [0.2, 0.25) is 0 Å². The van der Waals surface area contributed by atoms with Crippen LogP contribution in [0.4, 0.5) is 0 Å². The lowest BCUT2D eigenvalue weighted by Crippen LogP contribution is -2.56. The summed E-state index contributed by atoms with van der Waals surface area (Å²) in [4.78, 5) is 12.2. The highest BCUT2D eigenvalue weighted by atomic mass is 16.5. The predicted molar refractivity (Wildman–Crippen MR) is 121 cm³/mol. The number of cyclic esters (lactones) is 1. The standard InChI is InChI=1S/C27H40O5/c1-15(23-9-4-16(14-28)25(31)32-23)20-7-8-21-19-6-5-17-12-18(29)13-24(30)27(17,3)22(19)10-11-26(20,21)2/h4-5,15,18-24,28-30H,6-14H2,1-3H3/t15-,18+,19-,20+,21-,22-,23-,24-,26+,27-/m0/s1. The quantitative estimate of drug-likeness (QED) is 0.456. The molecule has 5 nitrogen and oxygen atoms in total. The van der Waals surface area contributed by atoms with Gasteiger partial charge in [0.1, 0.15) is 6.10 Å². The van der Waals surface area contributed by atoms with Crippen molar-refractivity contribution in [2.75, 3.05) is 6.61 Å². The van der Waals surface area contributed by atoms with Gasteiger partial charge in [0.05, 0.1) is 24.4 Å². The summed E-state index contributed by atoms with van der Waals surface area (Å²) in [6.45, 7) is 6.75. The van der Waals surface area contributed by atoms with Crippen molar-refractivity contribution in [1.29, 1.82) is 0 Å². The molecule has 5 rings (SSSR count). The van der Waals surface area contributed by atoms with Crippen molar-refractivity contribution < 1.29 is 24.9 Å². The van der Waals surface area contributed by atoms with Crippen molar-refractivity contribution in [2.45, 2.75) is 90.4 Å². The van der Waals surface area contributed by atoms with E-state index in [1.54, 1.807) is 0 Å². The van der Waals surface area contributed by atoms with Gasteiger partial charge in [-0.15, -0.1) is 0 Å². The first-order valence-electron chi connectivity index (χ1n) is 12.8. The number of carbonyl (C=O) groups is 1. The molecule has 0 aromatic heterocycles. The number of carbonyl (C=O) groups excluding carboxylic acids is 1. The van der Waals surface area contributed by atoms with Crippen LogP contribution in [0.1, 0.15) is 72.1 Å². The molecule has 0 spiro atoms. The molecule has 1 aliphatic heterocycles. The van der Waals surface area contributed by atoms with Crippen LogP contribution < -0.4 is 0 Å². The van der Waals surface area contributed by atoms with E-state index in [1.165, 1.54) is 18.4 Å². The van der Waals surface area contributed by atoms with Crippen LogP contribution >= 0.6 is 0 Å². The Morgan fingerprint density at radius 3 is 2.62 bits per heavy atom. The van der Waals surface area contributed by atoms with Gasteiger partial charge in [-0.05, 0) is 73.5 Å². The summed E-state index contributed by atoms with van der Waals surface area (Å²) < 4.78 is 5.77. The van der Waals surface area contributed by atoms with Crippen LogP contribution in [0.5, 0.6) is 0 Å². The van der Waals surface area contributed by atoms with Gasteiger partial charge in [-0.3, -0.25) is 0 Å². The number of allylic oxidation sites excluding steroid dienone is 1. The fourth-order valence-electron chi connectivity index (χ4n) is 8.92. The molecule has 0 bridgehead atoms. The Hall–Kier alpha value is -1.17. The fourth-order valence-corrected chi connectivity index (χ4v) is 8.92. The van der Waals surface area contributed by atoms with Gasteiger partial charge >= 0.3 is 5.97 Å². The second-order valence-corrected chi connectivity index (χ2v) is 11.9. The minimum atomic E-state index is -0.458. The van der Waals surface area contributed by atoms with E-state index in [9.17, 15) is 20.1 Å². The number of esters is 1. The summed E-state index contributed by atoms with van der Waals surface area (Å²) >= 11 is 0. The Labute approximate surface area is 191 Å². The molecule has 32 heavy (non-hydrogen) atoms. The predicted octanol–water partition coefficient (Wildman–Crippen LogP) is 3.77. The first-order chi connectivity index (χ1) is 15.2. The zero-order valence-electron chi connectivity index (χ0n) is 19.8. The van der Waals surface area contributed by atoms with Gasteiger partial charge in [0.2, 0.25) is 0 Å². The third-order valence-electron chi connectivity index (χ3n) is 10.8. The van der Waals surface area contributed by atoms with Gasteiger partial charge in [0.25, 0.3) is 0 Å². The van der Waals surface area contributed by atoms with Crippen molar-refractivity contribution in [3.8, 4) is 0 Å². The molecule has 0 saturated heterocycles. The number of rotatable bonds is 3. The molecular formula is C27H40O5. The van der Waals surface area contributed by atoms with E-state index in [2.05, 4.69) is 26.8 Å². The van der Waals surface area contributed by atoms with Crippen molar-refractivity contribution in [3.63, 3.8) is 0 Å². The van der Waals surface area contributed by atoms with Crippen molar-refractivity contribution in [1.82, 2.24) is 0 Å². The number of fused-ring (bicyclic) bond motifs is 5. The van der Waals surface area contributed by atoms with E-state index in [0.29, 0.717) is 48.0 Å². The molecule has 10 atom stereocenters. The lowest BCUT2D eigenvalue weighted by atomic mass is 9.46. The van der Waals surface area contributed by atoms with E-state index >= 15 is 0 Å². The normalized spacial score (nSPS) is 49.2. The minimum absolute atomic E-state index is 0.104. The van der Waals surface area contributed by atoms with Crippen LogP contribution in [0.25, 0.3) is 0 Å². The summed E-state index contributed by atoms with van der Waals surface area (Å²) in [5.41, 5.74) is 1.71. The third-order valence-corrected chi connectivity index (χ3v) is 10.8. The molecule has 0 aromatic rings. The average molecular weight is 445 g/mol. The van der Waals surface area contributed by atoms with Gasteiger partial charge in [-0.25, -0.2) is 4.79 Å². The molecule has 5 heteroatoms. The van der Waals surface area contributed by atoms with Crippen LogP contribution in [0, 0.1) is 40.4 Å². The van der Waals surface area contributed by atoms with E-state index in [0.717, 1.165) is 25.7 Å². The molecule has 178 valence electrons. The van der Waals surface area contributed by atoms with Crippen LogP contribution in [-0.2, 0) is 9.53 Å². The fraction of sp³-hybridized carbons (Fsp3) is 0.815.